The predicted octanol–water partition coefficient (Wildman–Crippen LogP) is 6.23. The lowest BCUT2D eigenvalue weighted by Gasteiger charge is -2.21. The summed E-state index contributed by atoms with van der Waals surface area (Å²) in [6, 6.07) is 19.9. The van der Waals surface area contributed by atoms with Gasteiger partial charge >= 0.3 is 0 Å². The summed E-state index contributed by atoms with van der Waals surface area (Å²) < 4.78 is 5.66. The first-order valence-electron chi connectivity index (χ1n) is 14.1. The molecule has 42 heavy (non-hydrogen) atoms. The summed E-state index contributed by atoms with van der Waals surface area (Å²) in [5.74, 6) is -2.95. The van der Waals surface area contributed by atoms with Gasteiger partial charge in [-0.3, -0.25) is 9.59 Å². The van der Waals surface area contributed by atoms with E-state index in [1.54, 1.807) is 36.4 Å². The number of phenolic OH excluding ortho intramolecular Hbond substituents is 2. The highest BCUT2D eigenvalue weighted by Crippen LogP contribution is 2.30. The molecule has 0 radical (unpaired) electrons. The molecule has 0 heterocycles. The molecule has 8 heteroatoms. The average molecular weight is 575 g/mol. The van der Waals surface area contributed by atoms with Gasteiger partial charge in [-0.1, -0.05) is 81.5 Å². The van der Waals surface area contributed by atoms with Crippen LogP contribution in [0.1, 0.15) is 73.4 Å². The first-order valence-corrected chi connectivity index (χ1v) is 14.1. The highest BCUT2D eigenvalue weighted by molar-refractivity contribution is 6.10. The number of Topliss-reactive ketones (excluding diaryl/α,β-unsaturated/α-hetero) is 1. The second kappa shape index (κ2) is 15.6. The van der Waals surface area contributed by atoms with Gasteiger partial charge in [-0.05, 0) is 42.8 Å². The van der Waals surface area contributed by atoms with E-state index in [1.807, 2.05) is 18.2 Å². The zero-order valence-electron chi connectivity index (χ0n) is 23.7. The van der Waals surface area contributed by atoms with Gasteiger partial charge in [-0.2, -0.15) is 0 Å². The quantitative estimate of drug-likeness (QED) is 0.0596. The van der Waals surface area contributed by atoms with Gasteiger partial charge in [-0.15, -0.1) is 0 Å². The van der Waals surface area contributed by atoms with Crippen LogP contribution < -0.4 is 4.74 Å². The number of carbonyl (C=O) groups is 2. The van der Waals surface area contributed by atoms with Gasteiger partial charge < -0.3 is 30.3 Å². The fourth-order valence-corrected chi connectivity index (χ4v) is 4.34. The molecule has 0 saturated carbocycles. The van der Waals surface area contributed by atoms with Crippen molar-refractivity contribution >= 4 is 17.3 Å². The Morgan fingerprint density at radius 2 is 1.50 bits per heavy atom. The van der Waals surface area contributed by atoms with Gasteiger partial charge in [0.15, 0.2) is 17.4 Å². The molecular weight excluding hydrogens is 536 g/mol. The van der Waals surface area contributed by atoms with Crippen LogP contribution in [-0.2, 0) is 4.79 Å². The van der Waals surface area contributed by atoms with Gasteiger partial charge in [-0.25, -0.2) is 0 Å². The molecule has 1 aliphatic rings. The van der Waals surface area contributed by atoms with E-state index < -0.39 is 18.0 Å². The molecule has 0 atom stereocenters. The Balaban J connectivity index is 0.000000240. The van der Waals surface area contributed by atoms with E-state index in [1.165, 1.54) is 43.9 Å². The van der Waals surface area contributed by atoms with Crippen molar-refractivity contribution in [2.45, 2.75) is 57.7 Å². The third kappa shape index (κ3) is 9.33. The molecule has 3 aromatic carbocycles. The summed E-state index contributed by atoms with van der Waals surface area (Å²) in [5.41, 5.74) is 0.922. The highest BCUT2D eigenvalue weighted by Gasteiger charge is 2.31. The van der Waals surface area contributed by atoms with Crippen molar-refractivity contribution in [2.24, 2.45) is 0 Å². The van der Waals surface area contributed by atoms with E-state index in [2.05, 4.69) is 6.92 Å². The van der Waals surface area contributed by atoms with Crippen LogP contribution in [0.4, 0.5) is 0 Å². The van der Waals surface area contributed by atoms with Crippen molar-refractivity contribution in [3.8, 4) is 17.2 Å². The summed E-state index contributed by atoms with van der Waals surface area (Å²) in [5, 5.41) is 48.2. The lowest BCUT2D eigenvalue weighted by atomic mass is 9.93. The molecule has 222 valence electrons. The van der Waals surface area contributed by atoms with Gasteiger partial charge in [0.25, 0.3) is 0 Å². The van der Waals surface area contributed by atoms with Crippen LogP contribution in [0.5, 0.6) is 17.2 Å². The molecule has 0 saturated heterocycles. The maximum atomic E-state index is 12.4. The number of rotatable bonds is 11. The second-order valence-corrected chi connectivity index (χ2v) is 10.1. The Labute approximate surface area is 245 Å². The molecule has 0 fully saturated rings. The number of aliphatic hydroxyl groups is 3. The molecule has 3 aromatic rings. The minimum atomic E-state index is -2.18. The number of unbranched alkanes of at least 4 members (excludes halogenated alkanes) is 5. The second-order valence-electron chi connectivity index (χ2n) is 10.1. The maximum absolute atomic E-state index is 12.4. The normalized spacial score (nSPS) is 15.0. The molecule has 0 aromatic heterocycles. The lowest BCUT2D eigenvalue weighted by Crippen LogP contribution is -2.32. The van der Waals surface area contributed by atoms with Crippen LogP contribution in [0.25, 0.3) is 5.76 Å². The molecule has 0 aliphatic heterocycles. The Hall–Kier alpha value is -4.40. The molecule has 0 spiro atoms. The molecule has 5 N–H and O–H groups in total. The number of aromatic hydroxyl groups is 2. The molecule has 0 bridgehead atoms. The largest absolute Gasteiger partial charge is 0.507 e. The number of para-hydroxylation sites is 1. The predicted molar refractivity (Wildman–Crippen MR) is 160 cm³/mol. The summed E-state index contributed by atoms with van der Waals surface area (Å²) in [6.45, 7) is 2.85. The van der Waals surface area contributed by atoms with Crippen molar-refractivity contribution in [1.82, 2.24) is 0 Å². The Bertz CT molecular complexity index is 1410. The number of allylic oxidation sites excluding steroid dienone is 2. The smallest absolute Gasteiger partial charge is 0.196 e. The van der Waals surface area contributed by atoms with E-state index in [0.717, 1.165) is 25.0 Å². The summed E-state index contributed by atoms with van der Waals surface area (Å²) in [6.07, 6.45) is 8.87. The van der Waals surface area contributed by atoms with Crippen LogP contribution in [-0.4, -0.2) is 49.5 Å². The van der Waals surface area contributed by atoms with Crippen molar-refractivity contribution < 1.29 is 39.9 Å². The minimum absolute atomic E-state index is 0.0377. The third-order valence-electron chi connectivity index (χ3n) is 6.67. The van der Waals surface area contributed by atoms with E-state index in [-0.39, 0.29) is 34.2 Å². The number of phenols is 2. The van der Waals surface area contributed by atoms with Gasteiger partial charge in [0.05, 0.1) is 29.7 Å². The maximum Gasteiger partial charge on any atom is 0.196 e. The number of ether oxygens (including phenoxy) is 1. The SMILES string of the molecule is CCCCCCCCOc1ccc(C(=O)c2ccccc2)c(O)c1.O=C1CC(O)(O)C=CC1=C(O)c1ccccc1O. The van der Waals surface area contributed by atoms with Crippen LogP contribution in [0.15, 0.2) is 90.5 Å². The monoisotopic (exact) mass is 574 g/mol. The fourth-order valence-electron chi connectivity index (χ4n) is 4.34. The molecule has 4 rings (SSSR count). The Kier molecular flexibility index (Phi) is 11.9. The lowest BCUT2D eigenvalue weighted by molar-refractivity contribution is -0.144. The summed E-state index contributed by atoms with van der Waals surface area (Å²) in [4.78, 5) is 24.0. The van der Waals surface area contributed by atoms with E-state index >= 15 is 0 Å². The Morgan fingerprint density at radius 1 is 0.833 bits per heavy atom. The van der Waals surface area contributed by atoms with Crippen LogP contribution in [0.3, 0.4) is 0 Å². The summed E-state index contributed by atoms with van der Waals surface area (Å²) >= 11 is 0. The number of carbonyl (C=O) groups excluding carboxylic acids is 2. The standard InChI is InChI=1S/C21H26O3.C13H12O5/c1-2-3-4-5-6-10-15-24-18-13-14-19(20(22)16-18)21(23)17-11-8-7-9-12-17;14-10-4-2-1-3-8(10)12(16)9-5-6-13(17,18)7-11(9)15/h7-9,11-14,16,22H,2-6,10,15H2,1H3;1-6,14,16-18H,7H2. The van der Waals surface area contributed by atoms with Crippen LogP contribution in [0.2, 0.25) is 0 Å². The molecule has 8 nitrogen and oxygen atoms in total. The molecule has 1 aliphatic carbocycles. The van der Waals surface area contributed by atoms with Gasteiger partial charge in [0, 0.05) is 11.6 Å². The Morgan fingerprint density at radius 3 is 2.17 bits per heavy atom. The van der Waals surface area contributed by atoms with Gasteiger partial charge in [0.2, 0.25) is 0 Å². The first-order chi connectivity index (χ1) is 20.1. The zero-order valence-corrected chi connectivity index (χ0v) is 23.7. The molecular formula is C34H38O8. The van der Waals surface area contributed by atoms with Crippen molar-refractivity contribution in [3.63, 3.8) is 0 Å². The third-order valence-corrected chi connectivity index (χ3v) is 6.67. The minimum Gasteiger partial charge on any atom is -0.507 e. The van der Waals surface area contributed by atoms with Crippen molar-refractivity contribution in [2.75, 3.05) is 6.61 Å². The zero-order chi connectivity index (χ0) is 30.5. The summed E-state index contributed by atoms with van der Waals surface area (Å²) in [7, 11) is 0. The number of hydrogen-bond acceptors (Lipinski definition) is 8. The van der Waals surface area contributed by atoms with E-state index in [0.29, 0.717) is 23.5 Å². The van der Waals surface area contributed by atoms with E-state index in [4.69, 9.17) is 4.74 Å². The van der Waals surface area contributed by atoms with Crippen molar-refractivity contribution in [1.29, 1.82) is 0 Å². The van der Waals surface area contributed by atoms with E-state index in [9.17, 15) is 35.1 Å². The highest BCUT2D eigenvalue weighted by atomic mass is 16.5. The number of hydrogen-bond donors (Lipinski definition) is 5. The van der Waals surface area contributed by atoms with Crippen LogP contribution >= 0.6 is 0 Å². The fraction of sp³-hybridized carbons (Fsp3) is 0.294. The number of ketones is 2. The first kappa shape index (κ1) is 32.1. The van der Waals surface area contributed by atoms with Gasteiger partial charge in [0.1, 0.15) is 23.0 Å². The number of benzene rings is 3. The number of aliphatic hydroxyl groups excluding tert-OH is 1. The average Bonchev–Trinajstić information content (AvgIpc) is 2.97. The molecule has 0 amide bonds. The topological polar surface area (TPSA) is 145 Å². The molecule has 0 unspecified atom stereocenters. The van der Waals surface area contributed by atoms with Crippen molar-refractivity contribution in [3.05, 3.63) is 107 Å². The van der Waals surface area contributed by atoms with Crippen LogP contribution in [0, 0.1) is 0 Å².